The number of carbonyl (C=O) groups excluding carboxylic acids is 2. The van der Waals surface area contributed by atoms with Crippen molar-refractivity contribution in [2.75, 3.05) is 17.7 Å². The fourth-order valence-electron chi connectivity index (χ4n) is 2.99. The number of benzene rings is 1. The third-order valence-corrected chi connectivity index (χ3v) is 4.37. The van der Waals surface area contributed by atoms with E-state index >= 15 is 0 Å². The molecule has 0 spiro atoms. The van der Waals surface area contributed by atoms with Gasteiger partial charge in [-0.05, 0) is 37.3 Å². The summed E-state index contributed by atoms with van der Waals surface area (Å²) in [6.45, 7) is 1.75. The van der Waals surface area contributed by atoms with E-state index in [9.17, 15) is 9.59 Å². The van der Waals surface area contributed by atoms with E-state index in [0.717, 1.165) is 0 Å². The molecule has 3 aromatic heterocycles. The molecule has 10 nitrogen and oxygen atoms in total. The average molecular weight is 405 g/mol. The van der Waals surface area contributed by atoms with Gasteiger partial charge in [0.1, 0.15) is 17.9 Å². The molecule has 0 aliphatic rings. The first-order valence-electron chi connectivity index (χ1n) is 9.11. The number of carbonyl (C=O) groups is 2. The minimum Gasteiger partial charge on any atom is -0.497 e. The van der Waals surface area contributed by atoms with E-state index in [0.29, 0.717) is 34.0 Å². The van der Waals surface area contributed by atoms with Crippen molar-refractivity contribution >= 4 is 28.8 Å². The van der Waals surface area contributed by atoms with E-state index in [1.165, 1.54) is 10.9 Å². The molecule has 4 rings (SSSR count). The maximum atomic E-state index is 12.7. The molecule has 2 amide bonds. The summed E-state index contributed by atoms with van der Waals surface area (Å²) in [5.41, 5.74) is 2.54. The monoisotopic (exact) mass is 405 g/mol. The second-order valence-electron chi connectivity index (χ2n) is 6.51. The lowest BCUT2D eigenvalue weighted by molar-refractivity contribution is -0.116. The number of hydrogen-bond acceptors (Lipinski definition) is 6. The number of nitrogens with one attached hydrogen (secondary N) is 2. The summed E-state index contributed by atoms with van der Waals surface area (Å²) in [7, 11) is 1.58. The van der Waals surface area contributed by atoms with Crippen LogP contribution in [-0.4, -0.2) is 43.3 Å². The summed E-state index contributed by atoms with van der Waals surface area (Å²) in [6.07, 6.45) is 6.39. The standard InChI is InChI=1S/C20H19N7O3/c1-13-18(19-21-8-3-9-27(19)25-13)20(29)24-15-10-22-26(11-15)12-17(28)23-14-4-6-16(30-2)7-5-14/h3-11H,12H2,1-2H3,(H,23,28)(H,24,29). The molecule has 0 unspecified atom stereocenters. The molecule has 0 aliphatic heterocycles. The van der Waals surface area contributed by atoms with Crippen molar-refractivity contribution in [3.05, 3.63) is 66.4 Å². The van der Waals surface area contributed by atoms with Crippen LogP contribution in [0.15, 0.2) is 55.1 Å². The van der Waals surface area contributed by atoms with Crippen LogP contribution in [0.5, 0.6) is 5.75 Å². The fourth-order valence-corrected chi connectivity index (χ4v) is 2.99. The lowest BCUT2D eigenvalue weighted by atomic mass is 10.2. The molecular weight excluding hydrogens is 386 g/mol. The van der Waals surface area contributed by atoms with Gasteiger partial charge in [-0.15, -0.1) is 0 Å². The summed E-state index contributed by atoms with van der Waals surface area (Å²) < 4.78 is 8.08. The van der Waals surface area contributed by atoms with Crippen LogP contribution in [-0.2, 0) is 11.3 Å². The molecule has 30 heavy (non-hydrogen) atoms. The van der Waals surface area contributed by atoms with Crippen molar-refractivity contribution in [2.45, 2.75) is 13.5 Å². The Hall–Kier alpha value is -4.21. The Labute approximate surface area is 171 Å². The maximum Gasteiger partial charge on any atom is 0.261 e. The Morgan fingerprint density at radius 2 is 1.93 bits per heavy atom. The minimum atomic E-state index is -0.344. The Morgan fingerprint density at radius 3 is 2.70 bits per heavy atom. The Kier molecular flexibility index (Phi) is 5.12. The van der Waals surface area contributed by atoms with E-state index in [4.69, 9.17) is 4.74 Å². The summed E-state index contributed by atoms with van der Waals surface area (Å²) >= 11 is 0. The van der Waals surface area contributed by atoms with Crippen molar-refractivity contribution in [2.24, 2.45) is 0 Å². The molecule has 152 valence electrons. The smallest absolute Gasteiger partial charge is 0.261 e. The minimum absolute atomic E-state index is 0.000796. The topological polar surface area (TPSA) is 115 Å². The van der Waals surface area contributed by atoms with Crippen molar-refractivity contribution in [3.8, 4) is 5.75 Å². The number of nitrogens with zero attached hydrogens (tertiary/aromatic N) is 5. The van der Waals surface area contributed by atoms with Gasteiger partial charge in [-0.1, -0.05) is 0 Å². The van der Waals surface area contributed by atoms with Crippen LogP contribution in [0.3, 0.4) is 0 Å². The van der Waals surface area contributed by atoms with Gasteiger partial charge in [0.2, 0.25) is 5.91 Å². The molecule has 4 aromatic rings. The molecule has 0 bridgehead atoms. The number of aryl methyl sites for hydroxylation is 1. The highest BCUT2D eigenvalue weighted by Crippen LogP contribution is 2.17. The SMILES string of the molecule is COc1ccc(NC(=O)Cn2cc(NC(=O)c3c(C)nn4cccnc34)cn2)cc1. The number of methoxy groups -OCH3 is 1. The highest BCUT2D eigenvalue weighted by atomic mass is 16.5. The zero-order valence-corrected chi connectivity index (χ0v) is 16.4. The van der Waals surface area contributed by atoms with Crippen molar-refractivity contribution in [1.82, 2.24) is 24.4 Å². The normalized spacial score (nSPS) is 10.7. The molecule has 2 N–H and O–H groups in total. The van der Waals surface area contributed by atoms with Crippen molar-refractivity contribution < 1.29 is 14.3 Å². The number of anilines is 2. The van der Waals surface area contributed by atoms with Crippen LogP contribution in [0.25, 0.3) is 5.65 Å². The first-order chi connectivity index (χ1) is 14.5. The van der Waals surface area contributed by atoms with Crippen molar-refractivity contribution in [1.29, 1.82) is 0 Å². The van der Waals surface area contributed by atoms with Gasteiger partial charge in [0.05, 0.1) is 24.7 Å². The molecule has 0 aliphatic carbocycles. The van der Waals surface area contributed by atoms with Crippen LogP contribution in [0, 0.1) is 6.92 Å². The second-order valence-corrected chi connectivity index (χ2v) is 6.51. The molecule has 1 aromatic carbocycles. The van der Waals surface area contributed by atoms with Gasteiger partial charge in [-0.2, -0.15) is 10.2 Å². The lowest BCUT2D eigenvalue weighted by Crippen LogP contribution is -2.19. The van der Waals surface area contributed by atoms with Crippen LogP contribution >= 0.6 is 0 Å². The van der Waals surface area contributed by atoms with Crippen LogP contribution in [0.2, 0.25) is 0 Å². The Balaban J connectivity index is 1.40. The van der Waals surface area contributed by atoms with E-state index in [1.807, 2.05) is 0 Å². The number of amides is 2. The number of rotatable bonds is 6. The summed E-state index contributed by atoms with van der Waals surface area (Å²) in [5, 5.41) is 14.0. The predicted octanol–water partition coefficient (Wildman–Crippen LogP) is 2.13. The van der Waals surface area contributed by atoms with Crippen LogP contribution in [0.1, 0.15) is 16.1 Å². The number of fused-ring (bicyclic) bond motifs is 1. The quantitative estimate of drug-likeness (QED) is 0.508. The number of aromatic nitrogens is 5. The molecule has 0 saturated heterocycles. The molecule has 0 fully saturated rings. The highest BCUT2D eigenvalue weighted by Gasteiger charge is 2.18. The highest BCUT2D eigenvalue weighted by molar-refractivity contribution is 6.09. The molecule has 3 heterocycles. The predicted molar refractivity (Wildman–Crippen MR) is 110 cm³/mol. The summed E-state index contributed by atoms with van der Waals surface area (Å²) in [4.78, 5) is 29.2. The first kappa shape index (κ1) is 19.1. The van der Waals surface area contributed by atoms with Crippen LogP contribution < -0.4 is 15.4 Å². The zero-order chi connectivity index (χ0) is 21.1. The Morgan fingerprint density at radius 1 is 1.13 bits per heavy atom. The molecule has 0 saturated carbocycles. The van der Waals surface area contributed by atoms with E-state index < -0.39 is 0 Å². The fraction of sp³-hybridized carbons (Fsp3) is 0.150. The average Bonchev–Trinajstić information content (AvgIpc) is 3.31. The van der Waals surface area contributed by atoms with E-state index in [-0.39, 0.29) is 18.4 Å². The van der Waals surface area contributed by atoms with Gasteiger partial charge in [0.15, 0.2) is 5.65 Å². The molecular formula is C20H19N7O3. The second kappa shape index (κ2) is 8.03. The summed E-state index contributed by atoms with van der Waals surface area (Å²) in [6, 6.07) is 8.75. The van der Waals surface area contributed by atoms with E-state index in [2.05, 4.69) is 25.8 Å². The van der Waals surface area contributed by atoms with Gasteiger partial charge in [-0.3, -0.25) is 14.3 Å². The summed E-state index contributed by atoms with van der Waals surface area (Å²) in [5.74, 6) is 0.115. The van der Waals surface area contributed by atoms with Gasteiger partial charge in [0.25, 0.3) is 5.91 Å². The largest absolute Gasteiger partial charge is 0.497 e. The number of hydrogen-bond donors (Lipinski definition) is 2. The Bertz CT molecular complexity index is 1210. The molecule has 10 heteroatoms. The van der Waals surface area contributed by atoms with Crippen molar-refractivity contribution in [3.63, 3.8) is 0 Å². The van der Waals surface area contributed by atoms with Gasteiger partial charge in [0, 0.05) is 24.3 Å². The lowest BCUT2D eigenvalue weighted by Gasteiger charge is -2.06. The first-order valence-corrected chi connectivity index (χ1v) is 9.11. The number of ether oxygens (including phenoxy) is 1. The third-order valence-electron chi connectivity index (χ3n) is 4.37. The van der Waals surface area contributed by atoms with E-state index in [1.54, 1.807) is 67.5 Å². The molecule has 0 radical (unpaired) electrons. The zero-order valence-electron chi connectivity index (χ0n) is 16.4. The third kappa shape index (κ3) is 3.97. The van der Waals surface area contributed by atoms with Gasteiger partial charge >= 0.3 is 0 Å². The van der Waals surface area contributed by atoms with Gasteiger partial charge in [-0.25, -0.2) is 9.50 Å². The van der Waals surface area contributed by atoms with Gasteiger partial charge < -0.3 is 15.4 Å². The maximum absolute atomic E-state index is 12.7. The van der Waals surface area contributed by atoms with Crippen LogP contribution in [0.4, 0.5) is 11.4 Å². The molecule has 0 atom stereocenters.